The summed E-state index contributed by atoms with van der Waals surface area (Å²) in [6.07, 6.45) is 3.48. The summed E-state index contributed by atoms with van der Waals surface area (Å²) in [7, 11) is 2.10. The summed E-state index contributed by atoms with van der Waals surface area (Å²) in [6.45, 7) is 1.27. The summed E-state index contributed by atoms with van der Waals surface area (Å²) in [5.41, 5.74) is 7.64. The van der Waals surface area contributed by atoms with Gasteiger partial charge in [0.1, 0.15) is 0 Å². The summed E-state index contributed by atoms with van der Waals surface area (Å²) in [5.74, 6) is 0. The third kappa shape index (κ3) is 3.06. The average molecular weight is 234 g/mol. The van der Waals surface area contributed by atoms with Crippen LogP contribution in [-0.2, 0) is 6.54 Å². The van der Waals surface area contributed by atoms with Crippen LogP contribution in [0.1, 0.15) is 36.5 Å². The van der Waals surface area contributed by atoms with Gasteiger partial charge in [-0.25, -0.2) is 0 Å². The highest BCUT2D eigenvalue weighted by atomic mass is 16.3. The van der Waals surface area contributed by atoms with Crippen molar-refractivity contribution in [1.29, 1.82) is 0 Å². The minimum atomic E-state index is -0.396. The maximum Gasteiger partial charge on any atom is 0.0916 e. The second-order valence-corrected chi connectivity index (χ2v) is 4.99. The first-order chi connectivity index (χ1) is 8.20. The molecule has 0 aromatic heterocycles. The molecule has 1 fully saturated rings. The van der Waals surface area contributed by atoms with Crippen molar-refractivity contribution in [3.8, 4) is 0 Å². The highest BCUT2D eigenvalue weighted by Crippen LogP contribution is 2.25. The molecule has 2 rings (SSSR count). The number of likely N-dealkylation sites (N-methyl/N-ethyl adjacent to an activating group) is 1. The van der Waals surface area contributed by atoms with Crippen LogP contribution in [-0.4, -0.2) is 29.6 Å². The number of rotatable bonds is 5. The molecule has 0 aliphatic heterocycles. The molecule has 17 heavy (non-hydrogen) atoms. The first kappa shape index (κ1) is 12.6. The van der Waals surface area contributed by atoms with Gasteiger partial charge in [-0.15, -0.1) is 0 Å². The normalized spacial score (nSPS) is 18.1. The van der Waals surface area contributed by atoms with Crippen molar-refractivity contribution in [2.45, 2.75) is 38.0 Å². The molecule has 1 atom stereocenters. The Bertz CT molecular complexity index is 346. The van der Waals surface area contributed by atoms with Gasteiger partial charge in [0.05, 0.1) is 6.10 Å². The molecule has 94 valence electrons. The van der Waals surface area contributed by atoms with Crippen molar-refractivity contribution in [3.05, 3.63) is 35.4 Å². The largest absolute Gasteiger partial charge is 0.387 e. The van der Waals surface area contributed by atoms with Crippen molar-refractivity contribution in [2.75, 3.05) is 13.6 Å². The molecule has 3 nitrogen and oxygen atoms in total. The van der Waals surface area contributed by atoms with Gasteiger partial charge in [-0.2, -0.15) is 0 Å². The van der Waals surface area contributed by atoms with E-state index in [0.29, 0.717) is 19.1 Å². The van der Waals surface area contributed by atoms with Crippen LogP contribution in [0.3, 0.4) is 0 Å². The monoisotopic (exact) mass is 234 g/mol. The van der Waals surface area contributed by atoms with Crippen LogP contribution in [0.4, 0.5) is 0 Å². The maximum absolute atomic E-state index is 10.2. The molecule has 0 saturated heterocycles. The van der Waals surface area contributed by atoms with Crippen molar-refractivity contribution >= 4 is 0 Å². The van der Waals surface area contributed by atoms with E-state index in [1.54, 1.807) is 0 Å². The Balaban J connectivity index is 1.91. The molecule has 1 aliphatic rings. The van der Waals surface area contributed by atoms with E-state index in [4.69, 9.17) is 5.73 Å². The van der Waals surface area contributed by atoms with Gasteiger partial charge >= 0.3 is 0 Å². The van der Waals surface area contributed by atoms with Crippen molar-refractivity contribution in [2.24, 2.45) is 5.73 Å². The third-order valence-electron chi connectivity index (χ3n) is 3.76. The molecule has 0 radical (unpaired) electrons. The van der Waals surface area contributed by atoms with Gasteiger partial charge in [-0.3, -0.25) is 0 Å². The van der Waals surface area contributed by atoms with Gasteiger partial charge in [0.25, 0.3) is 0 Å². The first-order valence-corrected chi connectivity index (χ1v) is 6.38. The highest BCUT2D eigenvalue weighted by molar-refractivity contribution is 5.24. The molecule has 1 saturated carbocycles. The zero-order valence-electron chi connectivity index (χ0n) is 10.5. The van der Waals surface area contributed by atoms with Crippen LogP contribution < -0.4 is 5.73 Å². The fourth-order valence-electron chi connectivity index (χ4n) is 2.23. The Kier molecular flexibility index (Phi) is 4.15. The van der Waals surface area contributed by atoms with Crippen LogP contribution in [0.25, 0.3) is 0 Å². The lowest BCUT2D eigenvalue weighted by Gasteiger charge is -2.35. The number of hydrogen-bond acceptors (Lipinski definition) is 3. The van der Waals surface area contributed by atoms with Crippen LogP contribution in [0.15, 0.2) is 24.3 Å². The molecule has 3 N–H and O–H groups in total. The van der Waals surface area contributed by atoms with Gasteiger partial charge in [-0.05, 0) is 31.0 Å². The third-order valence-corrected chi connectivity index (χ3v) is 3.76. The Morgan fingerprint density at radius 3 is 2.47 bits per heavy atom. The number of aliphatic hydroxyl groups is 1. The van der Waals surface area contributed by atoms with Crippen molar-refractivity contribution < 1.29 is 5.11 Å². The molecule has 0 heterocycles. The molecule has 1 unspecified atom stereocenters. The number of aliphatic hydroxyl groups excluding tert-OH is 1. The van der Waals surface area contributed by atoms with Crippen LogP contribution in [0.2, 0.25) is 0 Å². The topological polar surface area (TPSA) is 49.5 Å². The van der Waals surface area contributed by atoms with E-state index in [9.17, 15) is 5.11 Å². The SMILES string of the molecule is CN(CC(O)c1ccc(CN)cc1)C1CCC1. The van der Waals surface area contributed by atoms with E-state index in [2.05, 4.69) is 11.9 Å². The number of nitrogens with zero attached hydrogens (tertiary/aromatic N) is 1. The van der Waals surface area contributed by atoms with E-state index < -0.39 is 6.10 Å². The summed E-state index contributed by atoms with van der Waals surface area (Å²) in [5, 5.41) is 10.2. The zero-order chi connectivity index (χ0) is 12.3. The number of nitrogens with two attached hydrogens (primary N) is 1. The van der Waals surface area contributed by atoms with E-state index in [1.165, 1.54) is 19.3 Å². The quantitative estimate of drug-likeness (QED) is 0.814. The maximum atomic E-state index is 10.2. The van der Waals surface area contributed by atoms with Gasteiger partial charge in [-0.1, -0.05) is 30.7 Å². The van der Waals surface area contributed by atoms with Crippen LogP contribution >= 0.6 is 0 Å². The predicted octanol–water partition coefficient (Wildman–Crippen LogP) is 1.66. The number of hydrogen-bond donors (Lipinski definition) is 2. The molecule has 3 heteroatoms. The van der Waals surface area contributed by atoms with E-state index in [-0.39, 0.29) is 0 Å². The Morgan fingerprint density at radius 2 is 2.00 bits per heavy atom. The lowest BCUT2D eigenvalue weighted by molar-refractivity contribution is 0.0776. The molecule has 0 spiro atoms. The van der Waals surface area contributed by atoms with Gasteiger partial charge in [0.15, 0.2) is 0 Å². The smallest absolute Gasteiger partial charge is 0.0916 e. The van der Waals surface area contributed by atoms with E-state index in [1.807, 2.05) is 24.3 Å². The fourth-order valence-corrected chi connectivity index (χ4v) is 2.23. The number of benzene rings is 1. The fraction of sp³-hybridized carbons (Fsp3) is 0.571. The average Bonchev–Trinajstić information content (AvgIpc) is 2.26. The molecule has 1 aromatic rings. The van der Waals surface area contributed by atoms with Gasteiger partial charge < -0.3 is 15.7 Å². The molecule has 0 amide bonds. The molecular formula is C14H22N2O. The van der Waals surface area contributed by atoms with Gasteiger partial charge in [0.2, 0.25) is 0 Å². The predicted molar refractivity (Wildman–Crippen MR) is 69.6 cm³/mol. The van der Waals surface area contributed by atoms with E-state index >= 15 is 0 Å². The second-order valence-electron chi connectivity index (χ2n) is 4.99. The standard InChI is InChI=1S/C14H22N2O/c1-16(13-3-2-4-13)10-14(17)12-7-5-11(9-15)6-8-12/h5-8,13-14,17H,2-4,9-10,15H2,1H3. The lowest BCUT2D eigenvalue weighted by atomic mass is 9.91. The molecule has 0 bridgehead atoms. The Labute approximate surface area is 103 Å². The Hall–Kier alpha value is -0.900. The second kappa shape index (κ2) is 5.63. The summed E-state index contributed by atoms with van der Waals surface area (Å²) in [4.78, 5) is 2.27. The molecule has 1 aromatic carbocycles. The minimum absolute atomic E-state index is 0.396. The van der Waals surface area contributed by atoms with Crippen LogP contribution in [0.5, 0.6) is 0 Å². The molecule has 1 aliphatic carbocycles. The first-order valence-electron chi connectivity index (χ1n) is 6.38. The summed E-state index contributed by atoms with van der Waals surface area (Å²) < 4.78 is 0. The van der Waals surface area contributed by atoms with Crippen molar-refractivity contribution in [1.82, 2.24) is 4.90 Å². The Morgan fingerprint density at radius 1 is 1.35 bits per heavy atom. The highest BCUT2D eigenvalue weighted by Gasteiger charge is 2.23. The van der Waals surface area contributed by atoms with Crippen molar-refractivity contribution in [3.63, 3.8) is 0 Å². The summed E-state index contributed by atoms with van der Waals surface area (Å²) in [6, 6.07) is 8.60. The summed E-state index contributed by atoms with van der Waals surface area (Å²) >= 11 is 0. The lowest BCUT2D eigenvalue weighted by Crippen LogP contribution is -2.39. The van der Waals surface area contributed by atoms with E-state index in [0.717, 1.165) is 11.1 Å². The minimum Gasteiger partial charge on any atom is -0.387 e. The molecular weight excluding hydrogens is 212 g/mol. The zero-order valence-corrected chi connectivity index (χ0v) is 10.5. The van der Waals surface area contributed by atoms with Crippen LogP contribution in [0, 0.1) is 0 Å². The van der Waals surface area contributed by atoms with Gasteiger partial charge in [0, 0.05) is 19.1 Å².